The van der Waals surface area contributed by atoms with Gasteiger partial charge in [-0.05, 0) is 37.5 Å². The van der Waals surface area contributed by atoms with Crippen LogP contribution in [-0.2, 0) is 38.7 Å². The van der Waals surface area contributed by atoms with Gasteiger partial charge in [-0.3, -0.25) is 24.1 Å². The van der Waals surface area contributed by atoms with E-state index in [-0.39, 0.29) is 47.3 Å². The molecule has 3 fully saturated rings. The van der Waals surface area contributed by atoms with Crippen LogP contribution in [0.1, 0.15) is 31.2 Å². The molecule has 1 aromatic rings. The van der Waals surface area contributed by atoms with Gasteiger partial charge < -0.3 is 14.8 Å². The highest BCUT2D eigenvalue weighted by atomic mass is 32.2. The first kappa shape index (κ1) is 25.3. The quantitative estimate of drug-likeness (QED) is 0.420. The second-order valence-electron chi connectivity index (χ2n) is 8.97. The average molecular weight is 508 g/mol. The molecule has 2 saturated heterocycles. The molecule has 0 bridgehead atoms. The first-order chi connectivity index (χ1) is 16.7. The molecular formula is C23H29N3O8S. The van der Waals surface area contributed by atoms with Crippen molar-refractivity contribution in [3.05, 3.63) is 23.8 Å². The summed E-state index contributed by atoms with van der Waals surface area (Å²) in [6, 6.07) is 4.50. The van der Waals surface area contributed by atoms with Gasteiger partial charge in [0, 0.05) is 18.8 Å². The van der Waals surface area contributed by atoms with Crippen LogP contribution >= 0.6 is 0 Å². The Balaban J connectivity index is 1.32. The van der Waals surface area contributed by atoms with Crippen LogP contribution in [0.5, 0.6) is 0 Å². The summed E-state index contributed by atoms with van der Waals surface area (Å²) >= 11 is 0. The van der Waals surface area contributed by atoms with E-state index in [1.807, 2.05) is 0 Å². The van der Waals surface area contributed by atoms with Gasteiger partial charge in [0.1, 0.15) is 6.54 Å². The van der Waals surface area contributed by atoms with Crippen LogP contribution in [0.3, 0.4) is 0 Å². The lowest BCUT2D eigenvalue weighted by molar-refractivity contribution is -0.154. The van der Waals surface area contributed by atoms with Crippen molar-refractivity contribution < 1.29 is 37.1 Å². The largest absolute Gasteiger partial charge is 0.454 e. The third-order valence-electron chi connectivity index (χ3n) is 6.64. The summed E-state index contributed by atoms with van der Waals surface area (Å²) in [5.74, 6) is -2.97. The molecule has 190 valence electrons. The molecule has 0 radical (unpaired) electrons. The standard InChI is InChI=1S/C23H29N3O8S/c1-15-6-7-16(12-19(15)35(31,32)25-8-10-33-11-9-25)24-20(27)14-34-21(28)13-26-22(29)17-4-2-3-5-18(17)23(26)30/h6-7,12,17-18H,2-5,8-11,13-14H2,1H3,(H,24,27)/t17-,18+. The minimum Gasteiger partial charge on any atom is -0.454 e. The Morgan fingerprint density at radius 3 is 2.34 bits per heavy atom. The summed E-state index contributed by atoms with van der Waals surface area (Å²) in [5.41, 5.74) is 0.763. The van der Waals surface area contributed by atoms with Gasteiger partial charge in [-0.1, -0.05) is 18.9 Å². The van der Waals surface area contributed by atoms with Gasteiger partial charge in [0.25, 0.3) is 5.91 Å². The lowest BCUT2D eigenvalue weighted by Crippen LogP contribution is -2.40. The molecule has 11 nitrogen and oxygen atoms in total. The second kappa shape index (κ2) is 10.4. The fraction of sp³-hybridized carbons (Fsp3) is 0.565. The number of rotatable bonds is 7. The molecule has 0 unspecified atom stereocenters. The van der Waals surface area contributed by atoms with E-state index < -0.39 is 35.1 Å². The molecule has 4 rings (SSSR count). The number of nitrogens with one attached hydrogen (secondary N) is 1. The van der Waals surface area contributed by atoms with Crippen molar-refractivity contribution in [3.8, 4) is 0 Å². The lowest BCUT2D eigenvalue weighted by Gasteiger charge is -2.26. The zero-order valence-corrected chi connectivity index (χ0v) is 20.3. The molecule has 3 amide bonds. The number of aryl methyl sites for hydroxylation is 1. The molecule has 0 spiro atoms. The van der Waals surface area contributed by atoms with Gasteiger partial charge in [-0.25, -0.2) is 8.42 Å². The highest BCUT2D eigenvalue weighted by Crippen LogP contribution is 2.37. The Bertz CT molecular complexity index is 1110. The number of morpholine rings is 1. The number of carbonyl (C=O) groups excluding carboxylic acids is 4. The summed E-state index contributed by atoms with van der Waals surface area (Å²) in [4.78, 5) is 50.5. The molecule has 2 atom stereocenters. The van der Waals surface area contributed by atoms with Gasteiger partial charge in [0.05, 0.1) is 29.9 Å². The van der Waals surface area contributed by atoms with Gasteiger partial charge in [0.15, 0.2) is 6.61 Å². The van der Waals surface area contributed by atoms with Crippen molar-refractivity contribution >= 4 is 39.4 Å². The molecule has 1 aliphatic carbocycles. The van der Waals surface area contributed by atoms with Crippen molar-refractivity contribution in [2.24, 2.45) is 11.8 Å². The molecule has 3 aliphatic rings. The number of fused-ring (bicyclic) bond motifs is 1. The lowest BCUT2D eigenvalue weighted by atomic mass is 9.81. The minimum atomic E-state index is -3.76. The zero-order valence-electron chi connectivity index (χ0n) is 19.5. The number of ether oxygens (including phenoxy) is 2. The second-order valence-corrected chi connectivity index (χ2v) is 10.9. The van der Waals surface area contributed by atoms with E-state index in [1.165, 1.54) is 10.4 Å². The number of imide groups is 1. The first-order valence-corrected chi connectivity index (χ1v) is 13.1. The van der Waals surface area contributed by atoms with Crippen LogP contribution in [0.4, 0.5) is 5.69 Å². The highest BCUT2D eigenvalue weighted by molar-refractivity contribution is 7.89. The van der Waals surface area contributed by atoms with Gasteiger partial charge in [-0.15, -0.1) is 0 Å². The monoisotopic (exact) mass is 507 g/mol. The summed E-state index contributed by atoms with van der Waals surface area (Å²) < 4.78 is 37.5. The fourth-order valence-corrected chi connectivity index (χ4v) is 6.45. The van der Waals surface area contributed by atoms with E-state index in [4.69, 9.17) is 9.47 Å². The zero-order chi connectivity index (χ0) is 25.2. The van der Waals surface area contributed by atoms with Crippen LogP contribution in [0.25, 0.3) is 0 Å². The minimum absolute atomic E-state index is 0.0710. The van der Waals surface area contributed by atoms with Gasteiger partial charge in [-0.2, -0.15) is 4.31 Å². The van der Waals surface area contributed by atoms with Gasteiger partial charge in [0.2, 0.25) is 21.8 Å². The smallest absolute Gasteiger partial charge is 0.326 e. The summed E-state index contributed by atoms with van der Waals surface area (Å²) in [6.07, 6.45) is 3.05. The maximum Gasteiger partial charge on any atom is 0.326 e. The number of hydrogen-bond acceptors (Lipinski definition) is 8. The number of anilines is 1. The van der Waals surface area contributed by atoms with Crippen molar-refractivity contribution in [2.75, 3.05) is 44.8 Å². The van der Waals surface area contributed by atoms with Crippen molar-refractivity contribution in [3.63, 3.8) is 0 Å². The topological polar surface area (TPSA) is 139 Å². The van der Waals surface area contributed by atoms with Crippen LogP contribution in [0, 0.1) is 18.8 Å². The molecular weight excluding hydrogens is 478 g/mol. The Morgan fingerprint density at radius 1 is 1.09 bits per heavy atom. The molecule has 12 heteroatoms. The molecule has 1 saturated carbocycles. The maximum atomic E-state index is 13.0. The molecule has 2 aliphatic heterocycles. The maximum absolute atomic E-state index is 13.0. The Labute approximate surface area is 203 Å². The number of amides is 3. The van der Waals surface area contributed by atoms with Crippen molar-refractivity contribution in [1.29, 1.82) is 0 Å². The third-order valence-corrected chi connectivity index (χ3v) is 8.68. The van der Waals surface area contributed by atoms with Crippen molar-refractivity contribution in [1.82, 2.24) is 9.21 Å². The molecule has 2 heterocycles. The van der Waals surface area contributed by atoms with Gasteiger partial charge >= 0.3 is 5.97 Å². The van der Waals surface area contributed by atoms with Crippen LogP contribution in [0.15, 0.2) is 23.1 Å². The normalized spacial score (nSPS) is 23.2. The van der Waals surface area contributed by atoms with Crippen molar-refractivity contribution in [2.45, 2.75) is 37.5 Å². The summed E-state index contributed by atoms with van der Waals surface area (Å²) in [7, 11) is -3.76. The van der Waals surface area contributed by atoms with E-state index in [9.17, 15) is 27.6 Å². The number of sulfonamides is 1. The predicted molar refractivity (Wildman–Crippen MR) is 123 cm³/mol. The van der Waals surface area contributed by atoms with E-state index in [0.29, 0.717) is 31.6 Å². The average Bonchev–Trinajstić information content (AvgIpc) is 3.09. The molecule has 1 N–H and O–H groups in total. The Morgan fingerprint density at radius 2 is 1.71 bits per heavy atom. The number of hydrogen-bond donors (Lipinski definition) is 1. The van der Waals surface area contributed by atoms with E-state index in [2.05, 4.69) is 5.32 Å². The van der Waals surface area contributed by atoms with E-state index in [0.717, 1.165) is 17.7 Å². The number of likely N-dealkylation sites (tertiary alicyclic amines) is 1. The SMILES string of the molecule is Cc1ccc(NC(=O)COC(=O)CN2C(=O)[C@H]3CCCC[C@H]3C2=O)cc1S(=O)(=O)N1CCOCC1. The predicted octanol–water partition coefficient (Wildman–Crippen LogP) is 0.673. The van der Waals surface area contributed by atoms with Crippen LogP contribution < -0.4 is 5.32 Å². The number of esters is 1. The Hall–Kier alpha value is -2.83. The molecule has 0 aromatic heterocycles. The highest BCUT2D eigenvalue weighted by Gasteiger charge is 2.48. The number of benzene rings is 1. The van der Waals surface area contributed by atoms with E-state index >= 15 is 0 Å². The van der Waals surface area contributed by atoms with Crippen LogP contribution in [-0.4, -0.2) is 80.8 Å². The first-order valence-electron chi connectivity index (χ1n) is 11.7. The van der Waals surface area contributed by atoms with E-state index in [1.54, 1.807) is 19.1 Å². The third kappa shape index (κ3) is 5.39. The number of nitrogens with zero attached hydrogens (tertiary/aromatic N) is 2. The summed E-state index contributed by atoms with van der Waals surface area (Å²) in [5, 5.41) is 2.52. The van der Waals surface area contributed by atoms with Crippen LogP contribution in [0.2, 0.25) is 0 Å². The summed E-state index contributed by atoms with van der Waals surface area (Å²) in [6.45, 7) is 1.63. The number of carbonyl (C=O) groups is 4. The Kier molecular flexibility index (Phi) is 7.53. The molecule has 35 heavy (non-hydrogen) atoms. The molecule has 1 aromatic carbocycles. The fourth-order valence-electron chi connectivity index (χ4n) is 4.79.